The van der Waals surface area contributed by atoms with Gasteiger partial charge in [0.1, 0.15) is 11.5 Å². The molecule has 0 saturated carbocycles. The number of thiazole rings is 1. The smallest absolute Gasteiger partial charge is 0.304 e. The van der Waals surface area contributed by atoms with E-state index in [1.165, 1.54) is 5.01 Å². The highest BCUT2D eigenvalue weighted by molar-refractivity contribution is 7.99. The average Bonchev–Trinajstić information content (AvgIpc) is 3.12. The van der Waals surface area contributed by atoms with E-state index in [0.717, 1.165) is 16.2 Å². The summed E-state index contributed by atoms with van der Waals surface area (Å²) in [5.41, 5.74) is 6.77. The van der Waals surface area contributed by atoms with Crippen molar-refractivity contribution in [3.8, 4) is 0 Å². The van der Waals surface area contributed by atoms with Crippen molar-refractivity contribution in [1.82, 2.24) is 9.99 Å². The Hall–Kier alpha value is -1.20. The van der Waals surface area contributed by atoms with Crippen LogP contribution in [0.5, 0.6) is 0 Å². The quantitative estimate of drug-likeness (QED) is 0.220. The van der Waals surface area contributed by atoms with Gasteiger partial charge in [-0.05, 0) is 25.1 Å². The molecule has 0 spiro atoms. The van der Waals surface area contributed by atoms with E-state index >= 15 is 0 Å². The van der Waals surface area contributed by atoms with Gasteiger partial charge in [-0.25, -0.2) is 5.84 Å². The third-order valence-corrected chi connectivity index (χ3v) is 6.84. The molecular formula is C18H22Cl2N4O3S2. The molecule has 2 heterocycles. The lowest BCUT2D eigenvalue weighted by molar-refractivity contribution is -0.185. The van der Waals surface area contributed by atoms with Crippen LogP contribution in [-0.2, 0) is 9.47 Å². The third-order valence-electron chi connectivity index (χ3n) is 4.29. The van der Waals surface area contributed by atoms with Gasteiger partial charge in [-0.15, -0.1) is 0 Å². The van der Waals surface area contributed by atoms with Crippen LogP contribution < -0.4 is 16.4 Å². The largest absolute Gasteiger partial charge is 0.396 e. The predicted octanol–water partition coefficient (Wildman–Crippen LogP) is 3.49. The first-order chi connectivity index (χ1) is 13.8. The molecule has 3 atom stereocenters. The molecular weight excluding hydrogens is 455 g/mol. The van der Waals surface area contributed by atoms with E-state index < -0.39 is 0 Å². The van der Waals surface area contributed by atoms with Crippen molar-refractivity contribution in [1.29, 1.82) is 0 Å². The summed E-state index contributed by atoms with van der Waals surface area (Å²) in [7, 11) is 0. The van der Waals surface area contributed by atoms with Gasteiger partial charge in [-0.3, -0.25) is 4.79 Å². The maximum absolute atomic E-state index is 11.3. The molecule has 0 bridgehead atoms. The number of halogens is 2. The van der Waals surface area contributed by atoms with Crippen molar-refractivity contribution >= 4 is 52.0 Å². The van der Waals surface area contributed by atoms with Gasteiger partial charge in [0, 0.05) is 29.4 Å². The summed E-state index contributed by atoms with van der Waals surface area (Å²) in [6.07, 6.45) is 2.33. The molecule has 0 radical (unpaired) electrons. The van der Waals surface area contributed by atoms with Crippen molar-refractivity contribution in [2.75, 3.05) is 13.2 Å². The van der Waals surface area contributed by atoms with Crippen molar-refractivity contribution in [3.63, 3.8) is 0 Å². The summed E-state index contributed by atoms with van der Waals surface area (Å²) < 4.78 is 11.6. The molecule has 0 amide bonds. The minimum absolute atomic E-state index is 0.0398. The number of aromatic nitrogens is 1. The lowest BCUT2D eigenvalue weighted by Gasteiger charge is -2.36. The number of hydrogen-bond acceptors (Lipinski definition) is 8. The Kier molecular flexibility index (Phi) is 7.92. The molecule has 1 aliphatic rings. The molecule has 158 valence electrons. The predicted molar refractivity (Wildman–Crippen MR) is 119 cm³/mol. The van der Waals surface area contributed by atoms with Crippen LogP contribution in [0.2, 0.25) is 10.0 Å². The summed E-state index contributed by atoms with van der Waals surface area (Å²) >= 11 is 14.7. The molecule has 1 aromatic heterocycles. The van der Waals surface area contributed by atoms with E-state index in [1.54, 1.807) is 29.4 Å². The first kappa shape index (κ1) is 22.5. The second-order valence-electron chi connectivity index (χ2n) is 6.51. The maximum atomic E-state index is 11.3. The zero-order valence-electron chi connectivity index (χ0n) is 15.6. The maximum Gasteiger partial charge on any atom is 0.304 e. The second kappa shape index (κ2) is 10.2. The highest BCUT2D eigenvalue weighted by Gasteiger charge is 2.31. The van der Waals surface area contributed by atoms with Crippen molar-refractivity contribution in [3.05, 3.63) is 55.2 Å². The average molecular weight is 477 g/mol. The number of H-pyrrole nitrogens is 1. The van der Waals surface area contributed by atoms with E-state index in [2.05, 4.69) is 4.98 Å². The Bertz CT molecular complexity index is 921. The molecule has 1 aliphatic heterocycles. The Morgan fingerprint density at radius 2 is 2.31 bits per heavy atom. The Morgan fingerprint density at radius 1 is 1.52 bits per heavy atom. The fourth-order valence-electron chi connectivity index (χ4n) is 2.56. The van der Waals surface area contributed by atoms with E-state index in [9.17, 15) is 4.79 Å². The van der Waals surface area contributed by atoms with E-state index in [-0.39, 0.29) is 22.5 Å². The molecule has 0 aliphatic carbocycles. The Balaban J connectivity index is 1.62. The standard InChI is InChI=1S/C18H22Cl2N4O3S2/c1-10-16(8-26-10)27-17(29-11-2-3-12(19)13(20)6-11)4-5-24(22)7-14(21)15-9-28-18(25)23-15/h2-3,6-7,9-10,16-17H,4-5,8,21-22H2,1H3,(H,23,25)/b14-7-. The summed E-state index contributed by atoms with van der Waals surface area (Å²) in [5.74, 6) is 6.07. The van der Waals surface area contributed by atoms with Crippen LogP contribution in [0, 0.1) is 0 Å². The van der Waals surface area contributed by atoms with Crippen LogP contribution in [0.15, 0.2) is 39.5 Å². The minimum Gasteiger partial charge on any atom is -0.396 e. The molecule has 3 unspecified atom stereocenters. The van der Waals surface area contributed by atoms with Gasteiger partial charge < -0.3 is 25.2 Å². The van der Waals surface area contributed by atoms with Crippen LogP contribution in [0.4, 0.5) is 0 Å². The molecule has 1 saturated heterocycles. The molecule has 3 rings (SSSR count). The third kappa shape index (κ3) is 6.39. The fraction of sp³-hybridized carbons (Fsp3) is 0.389. The first-order valence-electron chi connectivity index (χ1n) is 8.87. The zero-order valence-corrected chi connectivity index (χ0v) is 18.8. The van der Waals surface area contributed by atoms with Crippen LogP contribution in [0.3, 0.4) is 0 Å². The van der Waals surface area contributed by atoms with Crippen molar-refractivity contribution in [2.45, 2.75) is 35.9 Å². The number of nitrogens with one attached hydrogen (secondary N) is 1. The minimum atomic E-state index is -0.164. The lowest BCUT2D eigenvalue weighted by atomic mass is 10.1. The number of aromatic amines is 1. The van der Waals surface area contributed by atoms with Crippen LogP contribution >= 0.6 is 46.3 Å². The van der Waals surface area contributed by atoms with Crippen molar-refractivity contribution in [2.24, 2.45) is 11.6 Å². The number of hydrazine groups is 1. The SMILES string of the molecule is CC1OCC1OC(CCN(N)/C=C(\N)c1csc(=O)[nH]1)Sc1ccc(Cl)c(Cl)c1. The summed E-state index contributed by atoms with van der Waals surface area (Å²) in [6, 6.07) is 5.48. The monoisotopic (exact) mass is 476 g/mol. The molecule has 29 heavy (non-hydrogen) atoms. The number of hydrogen-bond donors (Lipinski definition) is 3. The Morgan fingerprint density at radius 3 is 2.90 bits per heavy atom. The molecule has 11 heteroatoms. The molecule has 1 fully saturated rings. The van der Waals surface area contributed by atoms with Gasteiger partial charge in [0.05, 0.1) is 34.1 Å². The van der Waals surface area contributed by atoms with Gasteiger partial charge in [0.2, 0.25) is 0 Å². The van der Waals surface area contributed by atoms with Gasteiger partial charge in [-0.2, -0.15) is 0 Å². The van der Waals surface area contributed by atoms with Gasteiger partial charge in [0.15, 0.2) is 0 Å². The normalized spacial score (nSPS) is 20.3. The van der Waals surface area contributed by atoms with Gasteiger partial charge in [-0.1, -0.05) is 46.3 Å². The second-order valence-corrected chi connectivity index (χ2v) is 9.40. The summed E-state index contributed by atoms with van der Waals surface area (Å²) in [6.45, 7) is 3.05. The van der Waals surface area contributed by atoms with E-state index in [0.29, 0.717) is 41.0 Å². The lowest BCUT2D eigenvalue weighted by Crippen LogP contribution is -2.46. The van der Waals surface area contributed by atoms with Gasteiger partial charge in [0.25, 0.3) is 0 Å². The number of nitrogens with zero attached hydrogens (tertiary/aromatic N) is 1. The van der Waals surface area contributed by atoms with Crippen LogP contribution in [0.25, 0.3) is 5.70 Å². The van der Waals surface area contributed by atoms with Gasteiger partial charge >= 0.3 is 4.87 Å². The van der Waals surface area contributed by atoms with Crippen molar-refractivity contribution < 1.29 is 9.47 Å². The zero-order chi connectivity index (χ0) is 21.0. The number of nitrogens with two attached hydrogens (primary N) is 2. The first-order valence-corrected chi connectivity index (χ1v) is 11.4. The summed E-state index contributed by atoms with van der Waals surface area (Å²) in [4.78, 5) is 14.7. The fourth-order valence-corrected chi connectivity index (χ4v) is 4.57. The van der Waals surface area contributed by atoms with Crippen LogP contribution in [-0.4, -0.2) is 40.8 Å². The molecule has 2 aromatic rings. The van der Waals surface area contributed by atoms with E-state index in [4.69, 9.17) is 44.3 Å². The highest BCUT2D eigenvalue weighted by atomic mass is 35.5. The van der Waals surface area contributed by atoms with E-state index in [1.807, 2.05) is 19.1 Å². The number of thioether (sulfide) groups is 1. The topological polar surface area (TPSA) is 107 Å². The Labute approximate surface area is 186 Å². The molecule has 1 aromatic carbocycles. The van der Waals surface area contributed by atoms with Crippen LogP contribution in [0.1, 0.15) is 19.0 Å². The highest BCUT2D eigenvalue weighted by Crippen LogP contribution is 2.33. The molecule has 7 nitrogen and oxygen atoms in total. The number of ether oxygens (including phenoxy) is 2. The summed E-state index contributed by atoms with van der Waals surface area (Å²) in [5, 5.41) is 4.15. The number of benzene rings is 1. The molecule has 5 N–H and O–H groups in total. The number of rotatable bonds is 9.